The summed E-state index contributed by atoms with van der Waals surface area (Å²) in [6.07, 6.45) is 8.16. The number of nitrogens with one attached hydrogen (secondary N) is 3. The van der Waals surface area contributed by atoms with Crippen molar-refractivity contribution < 1.29 is 14.4 Å². The summed E-state index contributed by atoms with van der Waals surface area (Å²) in [7, 11) is 0. The molecule has 2 fully saturated rings. The topological polar surface area (TPSA) is 121 Å². The molecule has 4 heterocycles. The molecule has 280 valence electrons. The minimum atomic E-state index is -0.369. The molecular formula is C44H51N7O3. The fourth-order valence-electron chi connectivity index (χ4n) is 7.49. The summed E-state index contributed by atoms with van der Waals surface area (Å²) in [5, 5.41) is 13.3. The number of rotatable bonds is 11. The van der Waals surface area contributed by atoms with Gasteiger partial charge in [0.25, 0.3) is 0 Å². The van der Waals surface area contributed by atoms with Crippen LogP contribution in [0.4, 0.5) is 5.69 Å². The van der Waals surface area contributed by atoms with Crippen molar-refractivity contribution in [3.8, 4) is 22.4 Å². The van der Waals surface area contributed by atoms with E-state index in [9.17, 15) is 14.4 Å². The fraction of sp³-hybridized carbons (Fsp3) is 0.386. The average Bonchev–Trinajstić information content (AvgIpc) is 3.60. The highest BCUT2D eigenvalue weighted by Crippen LogP contribution is 2.32. The number of aromatic nitrogens is 3. The van der Waals surface area contributed by atoms with E-state index in [2.05, 4.69) is 125 Å². The molecule has 3 N–H and O–H groups in total. The van der Waals surface area contributed by atoms with Crippen molar-refractivity contribution in [1.29, 1.82) is 0 Å². The number of carbonyl (C=O) groups is 3. The highest BCUT2D eigenvalue weighted by molar-refractivity contribution is 6.01. The number of piperidine rings is 2. The van der Waals surface area contributed by atoms with E-state index in [1.807, 2.05) is 16.6 Å². The van der Waals surface area contributed by atoms with E-state index in [1.165, 1.54) is 11.1 Å². The van der Waals surface area contributed by atoms with Gasteiger partial charge in [0.05, 0.1) is 11.2 Å². The Morgan fingerprint density at radius 1 is 0.907 bits per heavy atom. The zero-order valence-corrected chi connectivity index (χ0v) is 31.8. The van der Waals surface area contributed by atoms with Crippen molar-refractivity contribution in [3.05, 3.63) is 108 Å². The van der Waals surface area contributed by atoms with Crippen molar-refractivity contribution in [2.24, 2.45) is 5.41 Å². The van der Waals surface area contributed by atoms with Gasteiger partial charge < -0.3 is 10.6 Å². The van der Waals surface area contributed by atoms with Crippen LogP contribution in [0.1, 0.15) is 87.5 Å². The Labute approximate surface area is 317 Å². The first-order valence-electron chi connectivity index (χ1n) is 19.2. The first-order valence-corrected chi connectivity index (χ1v) is 19.2. The van der Waals surface area contributed by atoms with E-state index >= 15 is 0 Å². The molecule has 0 aliphatic carbocycles. The van der Waals surface area contributed by atoms with Gasteiger partial charge in [-0.2, -0.15) is 5.10 Å². The molecule has 10 nitrogen and oxygen atoms in total. The summed E-state index contributed by atoms with van der Waals surface area (Å²) in [5.74, 6) is 0.154. The molecule has 0 unspecified atom stereocenters. The standard InChI is InChI=1S/C44H51N7O3/c1-29-23-34(9-10-35(29)25-45-40(52)17-20-44(2,3)4)42-39-24-36(27-51(39)47-28-46-42)32-7-5-30(6-8-32)26-50-21-18-33(19-22-50)31-11-13-37(14-12-31)48-38-15-16-41(53)49-43(38)54/h5-14,23-24,27-28,33,38,48H,15-22,25-26H2,1-4H3,(H,45,52)(H,49,53,54)/t38-/m0/s1. The quantitative estimate of drug-likeness (QED) is 0.121. The van der Waals surface area contributed by atoms with Gasteiger partial charge in [0, 0.05) is 48.9 Å². The molecule has 0 bridgehead atoms. The zero-order chi connectivity index (χ0) is 37.8. The number of likely N-dealkylation sites (tertiary alicyclic amines) is 1. The minimum Gasteiger partial charge on any atom is -0.374 e. The van der Waals surface area contributed by atoms with Crippen LogP contribution >= 0.6 is 0 Å². The Balaban J connectivity index is 0.929. The Morgan fingerprint density at radius 3 is 2.35 bits per heavy atom. The lowest BCUT2D eigenvalue weighted by Crippen LogP contribution is -2.47. The van der Waals surface area contributed by atoms with Crippen molar-refractivity contribution in [1.82, 2.24) is 30.1 Å². The molecule has 3 amide bonds. The number of aryl methyl sites for hydroxylation is 1. The maximum absolute atomic E-state index is 12.4. The second-order valence-corrected chi connectivity index (χ2v) is 16.2. The summed E-state index contributed by atoms with van der Waals surface area (Å²) in [5.41, 5.74) is 11.0. The normalized spacial score (nSPS) is 17.1. The lowest BCUT2D eigenvalue weighted by Gasteiger charge is -2.32. The second-order valence-electron chi connectivity index (χ2n) is 16.2. The molecule has 2 aromatic heterocycles. The largest absolute Gasteiger partial charge is 0.374 e. The van der Waals surface area contributed by atoms with Crippen molar-refractivity contribution >= 4 is 28.9 Å². The van der Waals surface area contributed by atoms with E-state index in [1.54, 1.807) is 6.33 Å². The van der Waals surface area contributed by atoms with Crippen LogP contribution in [0.25, 0.3) is 27.9 Å². The molecule has 0 radical (unpaired) electrons. The van der Waals surface area contributed by atoms with Crippen molar-refractivity contribution in [3.63, 3.8) is 0 Å². The highest BCUT2D eigenvalue weighted by atomic mass is 16.2. The Bertz CT molecular complexity index is 2120. The Hall–Kier alpha value is -5.35. The zero-order valence-electron chi connectivity index (χ0n) is 31.8. The molecule has 5 aromatic rings. The van der Waals surface area contributed by atoms with Gasteiger partial charge in [-0.15, -0.1) is 0 Å². The number of fused-ring (bicyclic) bond motifs is 1. The molecule has 0 saturated carbocycles. The number of nitrogens with zero attached hydrogens (tertiary/aromatic N) is 4. The van der Waals surface area contributed by atoms with Crippen LogP contribution in [0.15, 0.2) is 85.3 Å². The van der Waals surface area contributed by atoms with Gasteiger partial charge in [-0.3, -0.25) is 24.6 Å². The van der Waals surface area contributed by atoms with Crippen LogP contribution in [0.5, 0.6) is 0 Å². The van der Waals surface area contributed by atoms with Gasteiger partial charge in [-0.1, -0.05) is 69.3 Å². The van der Waals surface area contributed by atoms with Gasteiger partial charge in [0.15, 0.2) is 0 Å². The van der Waals surface area contributed by atoms with E-state index in [4.69, 9.17) is 0 Å². The molecule has 10 heteroatoms. The predicted octanol–water partition coefficient (Wildman–Crippen LogP) is 7.41. The van der Waals surface area contributed by atoms with E-state index in [0.717, 1.165) is 83.6 Å². The number of amides is 3. The maximum Gasteiger partial charge on any atom is 0.249 e. The predicted molar refractivity (Wildman–Crippen MR) is 213 cm³/mol. The van der Waals surface area contributed by atoms with Crippen LogP contribution in [0, 0.1) is 12.3 Å². The van der Waals surface area contributed by atoms with Crippen LogP contribution in [0.3, 0.4) is 0 Å². The average molecular weight is 726 g/mol. The lowest BCUT2D eigenvalue weighted by molar-refractivity contribution is -0.133. The maximum atomic E-state index is 12.4. The number of hydrogen-bond donors (Lipinski definition) is 3. The van der Waals surface area contributed by atoms with Gasteiger partial charge in [-0.05, 0) is 109 Å². The molecule has 3 aromatic carbocycles. The molecule has 2 saturated heterocycles. The molecule has 1 atom stereocenters. The van der Waals surface area contributed by atoms with E-state index in [-0.39, 0.29) is 29.2 Å². The third kappa shape index (κ3) is 9.05. The Kier molecular flexibility index (Phi) is 10.9. The van der Waals surface area contributed by atoms with Gasteiger partial charge >= 0.3 is 0 Å². The summed E-state index contributed by atoms with van der Waals surface area (Å²) in [6.45, 7) is 12.1. The first kappa shape index (κ1) is 37.0. The highest BCUT2D eigenvalue weighted by Gasteiger charge is 2.27. The Morgan fingerprint density at radius 2 is 1.65 bits per heavy atom. The van der Waals surface area contributed by atoms with Gasteiger partial charge in [-0.25, -0.2) is 9.50 Å². The fourth-order valence-corrected chi connectivity index (χ4v) is 7.49. The third-order valence-electron chi connectivity index (χ3n) is 10.8. The number of hydrogen-bond acceptors (Lipinski definition) is 7. The smallest absolute Gasteiger partial charge is 0.249 e. The monoisotopic (exact) mass is 725 g/mol. The molecular weight excluding hydrogens is 675 g/mol. The number of imide groups is 1. The first-order chi connectivity index (χ1) is 26.0. The molecule has 54 heavy (non-hydrogen) atoms. The molecule has 2 aliphatic heterocycles. The van der Waals surface area contributed by atoms with E-state index < -0.39 is 0 Å². The molecule has 7 rings (SSSR count). The van der Waals surface area contributed by atoms with Crippen LogP contribution in [-0.4, -0.2) is 56.4 Å². The minimum absolute atomic E-state index is 0.0865. The summed E-state index contributed by atoms with van der Waals surface area (Å²) >= 11 is 0. The lowest BCUT2D eigenvalue weighted by atomic mass is 9.89. The second kappa shape index (κ2) is 15.9. The molecule has 2 aliphatic rings. The van der Waals surface area contributed by atoms with Crippen LogP contribution in [-0.2, 0) is 27.5 Å². The van der Waals surface area contributed by atoms with Gasteiger partial charge in [0.1, 0.15) is 12.4 Å². The van der Waals surface area contributed by atoms with Crippen molar-refractivity contribution in [2.45, 2.75) is 91.3 Å². The number of carbonyl (C=O) groups excluding carboxylic acids is 3. The number of anilines is 1. The SMILES string of the molecule is Cc1cc(-c2ncnn3cc(-c4ccc(CN5CCC(c6ccc(N[C@H]7CCC(=O)NC7=O)cc6)CC5)cc4)cc23)ccc1CNC(=O)CCC(C)(C)C. The van der Waals surface area contributed by atoms with E-state index in [0.29, 0.717) is 31.7 Å². The molecule has 0 spiro atoms. The van der Waals surface area contributed by atoms with Crippen LogP contribution in [0.2, 0.25) is 0 Å². The summed E-state index contributed by atoms with van der Waals surface area (Å²) in [4.78, 5) is 43.2. The summed E-state index contributed by atoms with van der Waals surface area (Å²) in [6, 6.07) is 25.4. The summed E-state index contributed by atoms with van der Waals surface area (Å²) < 4.78 is 1.90. The number of benzene rings is 3. The van der Waals surface area contributed by atoms with Crippen molar-refractivity contribution in [2.75, 3.05) is 18.4 Å². The van der Waals surface area contributed by atoms with Crippen LogP contribution < -0.4 is 16.0 Å². The third-order valence-corrected chi connectivity index (χ3v) is 10.8. The van der Waals surface area contributed by atoms with Gasteiger partial charge in [0.2, 0.25) is 17.7 Å².